The van der Waals surface area contributed by atoms with Gasteiger partial charge in [-0.2, -0.15) is 0 Å². The summed E-state index contributed by atoms with van der Waals surface area (Å²) in [5.41, 5.74) is 0.0172. The minimum Gasteiger partial charge on any atom is -0.326 e. The summed E-state index contributed by atoms with van der Waals surface area (Å²) in [6, 6.07) is 3.11. The predicted octanol–water partition coefficient (Wildman–Crippen LogP) is 1.95. The van der Waals surface area contributed by atoms with Crippen LogP contribution in [0.25, 0.3) is 0 Å². The first-order valence-electron chi connectivity index (χ1n) is 3.63. The van der Waals surface area contributed by atoms with Crippen LogP contribution < -0.4 is 5.32 Å². The van der Waals surface area contributed by atoms with Crippen molar-refractivity contribution in [3.63, 3.8) is 0 Å². The highest BCUT2D eigenvalue weighted by Crippen LogP contribution is 2.20. The molecule has 0 saturated carbocycles. The third-order valence-corrected chi connectivity index (χ3v) is 1.98. The molecule has 2 rings (SSSR count). The Morgan fingerprint density at radius 2 is 2.14 bits per heavy atom. The summed E-state index contributed by atoms with van der Waals surface area (Å²) in [6.45, 7) is 0. The van der Waals surface area contributed by atoms with Gasteiger partial charge in [-0.1, -0.05) is 9.59 Å². The van der Waals surface area contributed by atoms with Gasteiger partial charge in [-0.25, -0.2) is 8.78 Å². The van der Waals surface area contributed by atoms with E-state index in [1.54, 1.807) is 0 Å². The summed E-state index contributed by atoms with van der Waals surface area (Å²) < 4.78 is 29.3. The highest BCUT2D eigenvalue weighted by molar-refractivity contribution is 7.09. The van der Waals surface area contributed by atoms with E-state index in [0.717, 1.165) is 29.7 Å². The molecule has 0 spiro atoms. The van der Waals surface area contributed by atoms with Crippen molar-refractivity contribution in [1.29, 1.82) is 0 Å². The molecule has 7 heteroatoms. The Hall–Kier alpha value is -1.63. The van der Waals surface area contributed by atoms with E-state index in [0.29, 0.717) is 5.13 Å². The smallest absolute Gasteiger partial charge is 0.229 e. The highest BCUT2D eigenvalue weighted by Gasteiger charge is 2.05. The van der Waals surface area contributed by atoms with Gasteiger partial charge < -0.3 is 5.32 Å². The second kappa shape index (κ2) is 3.62. The zero-order valence-electron chi connectivity index (χ0n) is 6.74. The van der Waals surface area contributed by atoms with Crippen LogP contribution in [0.1, 0.15) is 0 Å². The van der Waals surface area contributed by atoms with Crippen LogP contribution in [0.4, 0.5) is 19.6 Å². The number of aromatic nitrogens is 3. The number of nitrogens with one attached hydrogen (secondary N) is 1. The fourth-order valence-electron chi connectivity index (χ4n) is 0.890. The topological polar surface area (TPSA) is 50.7 Å². The second-order valence-electron chi connectivity index (χ2n) is 2.42. The minimum atomic E-state index is -0.554. The Morgan fingerprint density at radius 3 is 2.86 bits per heavy atom. The zero-order valence-corrected chi connectivity index (χ0v) is 7.55. The molecule has 14 heavy (non-hydrogen) atoms. The molecule has 0 fully saturated rings. The fourth-order valence-corrected chi connectivity index (χ4v) is 1.27. The number of anilines is 2. The van der Waals surface area contributed by atoms with Crippen molar-refractivity contribution in [3.05, 3.63) is 29.8 Å². The van der Waals surface area contributed by atoms with Crippen molar-refractivity contribution in [1.82, 2.24) is 14.8 Å². The molecule has 72 valence electrons. The van der Waals surface area contributed by atoms with Crippen molar-refractivity contribution in [2.75, 3.05) is 5.32 Å². The monoisotopic (exact) mass is 214 g/mol. The summed E-state index contributed by atoms with van der Waals surface area (Å²) in [5, 5.41) is 9.72. The van der Waals surface area contributed by atoms with Crippen LogP contribution in [-0.4, -0.2) is 14.8 Å². The first-order chi connectivity index (χ1) is 6.75. The van der Waals surface area contributed by atoms with E-state index in [1.165, 1.54) is 0 Å². The number of hydrogen-bond acceptors (Lipinski definition) is 5. The fraction of sp³-hybridized carbons (Fsp3) is 0. The van der Waals surface area contributed by atoms with Crippen molar-refractivity contribution in [2.24, 2.45) is 0 Å². The highest BCUT2D eigenvalue weighted by atomic mass is 32.1. The van der Waals surface area contributed by atoms with Gasteiger partial charge in [0.15, 0.2) is 0 Å². The number of hydrogen-bond donors (Lipinski definition) is 1. The zero-order chi connectivity index (χ0) is 9.97. The average Bonchev–Trinajstić information content (AvgIpc) is 2.64. The molecule has 1 aromatic heterocycles. The van der Waals surface area contributed by atoms with Crippen LogP contribution in [0, 0.1) is 11.6 Å². The van der Waals surface area contributed by atoms with Gasteiger partial charge in [0.05, 0.1) is 5.69 Å². The van der Waals surface area contributed by atoms with E-state index in [4.69, 9.17) is 0 Å². The summed E-state index contributed by atoms with van der Waals surface area (Å²) >= 11 is 0.960. The SMILES string of the molecule is Fc1ccc(F)c(Nc2nnns2)c1. The lowest BCUT2D eigenvalue weighted by atomic mass is 10.3. The molecule has 1 aromatic carbocycles. The maximum absolute atomic E-state index is 13.1. The number of rotatable bonds is 2. The molecule has 1 heterocycles. The van der Waals surface area contributed by atoms with E-state index in [-0.39, 0.29) is 5.69 Å². The molecular formula is C7H4F2N4S. The van der Waals surface area contributed by atoms with Gasteiger partial charge in [0, 0.05) is 17.6 Å². The molecule has 0 aliphatic heterocycles. The Morgan fingerprint density at radius 1 is 1.29 bits per heavy atom. The largest absolute Gasteiger partial charge is 0.326 e. The Labute approximate surface area is 81.7 Å². The molecule has 0 amide bonds. The van der Waals surface area contributed by atoms with E-state index in [9.17, 15) is 8.78 Å². The van der Waals surface area contributed by atoms with Crippen LogP contribution in [-0.2, 0) is 0 Å². The lowest BCUT2D eigenvalue weighted by Gasteiger charge is -2.02. The first kappa shape index (κ1) is 8.95. The van der Waals surface area contributed by atoms with Gasteiger partial charge in [-0.3, -0.25) is 0 Å². The molecule has 0 atom stereocenters. The lowest BCUT2D eigenvalue weighted by Crippen LogP contribution is -1.94. The average molecular weight is 214 g/mol. The molecule has 0 aliphatic carbocycles. The normalized spacial score (nSPS) is 10.1. The van der Waals surface area contributed by atoms with Crippen LogP contribution in [0.15, 0.2) is 18.2 Å². The molecule has 0 unspecified atom stereocenters. The summed E-state index contributed by atoms with van der Waals surface area (Å²) in [7, 11) is 0. The Balaban J connectivity index is 2.28. The van der Waals surface area contributed by atoms with Gasteiger partial charge in [-0.05, 0) is 17.3 Å². The van der Waals surface area contributed by atoms with Gasteiger partial charge >= 0.3 is 0 Å². The Bertz CT molecular complexity index is 431. The van der Waals surface area contributed by atoms with Gasteiger partial charge in [-0.15, -0.1) is 0 Å². The van der Waals surface area contributed by atoms with Gasteiger partial charge in [0.2, 0.25) is 5.13 Å². The minimum absolute atomic E-state index is 0.0172. The maximum Gasteiger partial charge on any atom is 0.229 e. The maximum atomic E-state index is 13.1. The van der Waals surface area contributed by atoms with E-state index < -0.39 is 11.6 Å². The van der Waals surface area contributed by atoms with Crippen molar-refractivity contribution in [2.45, 2.75) is 0 Å². The lowest BCUT2D eigenvalue weighted by molar-refractivity contribution is 0.603. The van der Waals surface area contributed by atoms with Crippen LogP contribution >= 0.6 is 11.5 Å². The molecule has 0 radical (unpaired) electrons. The van der Waals surface area contributed by atoms with Gasteiger partial charge in [0.1, 0.15) is 11.6 Å². The summed E-state index contributed by atoms with van der Waals surface area (Å²) in [6.07, 6.45) is 0. The number of nitrogens with zero attached hydrogens (tertiary/aromatic N) is 3. The number of benzene rings is 1. The first-order valence-corrected chi connectivity index (χ1v) is 4.40. The van der Waals surface area contributed by atoms with E-state index in [2.05, 4.69) is 20.1 Å². The van der Waals surface area contributed by atoms with E-state index >= 15 is 0 Å². The summed E-state index contributed by atoms with van der Waals surface area (Å²) in [5.74, 6) is -1.08. The molecule has 2 aromatic rings. The molecule has 1 N–H and O–H groups in total. The van der Waals surface area contributed by atoms with Gasteiger partial charge in [0.25, 0.3) is 0 Å². The molecule has 0 bridgehead atoms. The standard InChI is InChI=1S/C7H4F2N4S/c8-4-1-2-5(9)6(3-4)10-7-11-12-13-14-7/h1-3H,(H,10,11,13). The molecule has 4 nitrogen and oxygen atoms in total. The molecule has 0 aliphatic rings. The Kier molecular flexibility index (Phi) is 2.32. The second-order valence-corrected chi connectivity index (χ2v) is 3.15. The number of halogens is 2. The third-order valence-electron chi connectivity index (χ3n) is 1.47. The molecular weight excluding hydrogens is 210 g/mol. The quantitative estimate of drug-likeness (QED) is 0.830. The predicted molar refractivity (Wildman–Crippen MR) is 47.3 cm³/mol. The van der Waals surface area contributed by atoms with Crippen LogP contribution in [0.5, 0.6) is 0 Å². The molecule has 0 saturated heterocycles. The summed E-state index contributed by atoms with van der Waals surface area (Å²) in [4.78, 5) is 0. The van der Waals surface area contributed by atoms with Crippen LogP contribution in [0.2, 0.25) is 0 Å². The van der Waals surface area contributed by atoms with E-state index in [1.807, 2.05) is 0 Å². The van der Waals surface area contributed by atoms with Crippen LogP contribution in [0.3, 0.4) is 0 Å². The third kappa shape index (κ3) is 1.82. The van der Waals surface area contributed by atoms with Crippen molar-refractivity contribution < 1.29 is 8.78 Å². The van der Waals surface area contributed by atoms with Crippen molar-refractivity contribution >= 4 is 22.4 Å². The van der Waals surface area contributed by atoms with Crippen molar-refractivity contribution in [3.8, 4) is 0 Å².